The Morgan fingerprint density at radius 1 is 1.28 bits per heavy atom. The fourth-order valence-electron chi connectivity index (χ4n) is 3.16. The Balaban J connectivity index is 1.96. The first-order valence-electron chi connectivity index (χ1n) is 11.5. The van der Waals surface area contributed by atoms with Crippen LogP contribution < -0.4 is 4.74 Å². The number of hydrogen-bond acceptors (Lipinski definition) is 6. The summed E-state index contributed by atoms with van der Waals surface area (Å²) in [4.78, 5) is 25.9. The van der Waals surface area contributed by atoms with Gasteiger partial charge in [0.1, 0.15) is 11.9 Å². The first kappa shape index (κ1) is 20.8. The molecule has 0 saturated heterocycles. The van der Waals surface area contributed by atoms with Crippen LogP contribution in [0.15, 0.2) is 52.5 Å². The predicted molar refractivity (Wildman–Crippen MR) is 123 cm³/mol. The number of nitrogens with zero attached hydrogens (tertiary/aromatic N) is 2. The van der Waals surface area contributed by atoms with E-state index in [0.29, 0.717) is 23.3 Å². The number of ether oxygens (including phenoxy) is 1. The van der Waals surface area contributed by atoms with Crippen LogP contribution in [0.3, 0.4) is 0 Å². The standard InChI is InChI=1S/C24H28N2O5S/c1-4-18(11-12-22(27)28)31-23-17(15-32-25-23)14-26(16(2)3)24(29)20-9-6-5-8-19(20)21-10-7-13-30-21/h5-10,13,15-16,18H,4,11-12,14H2,1-3H3,(H,27,28)/i14D2. The molecule has 3 aromatic rings. The van der Waals surface area contributed by atoms with Gasteiger partial charge in [-0.05, 0) is 56.4 Å². The second-order valence-corrected chi connectivity index (χ2v) is 8.15. The molecule has 32 heavy (non-hydrogen) atoms. The van der Waals surface area contributed by atoms with Gasteiger partial charge in [-0.15, -0.1) is 0 Å². The van der Waals surface area contributed by atoms with E-state index in [0.717, 1.165) is 11.5 Å². The molecule has 7 nitrogen and oxygen atoms in total. The summed E-state index contributed by atoms with van der Waals surface area (Å²) in [5, 5.41) is 10.5. The first-order chi connectivity index (χ1) is 16.2. The van der Waals surface area contributed by atoms with Crippen molar-refractivity contribution in [2.75, 3.05) is 0 Å². The van der Waals surface area contributed by atoms with E-state index in [1.165, 1.54) is 16.5 Å². The predicted octanol–water partition coefficient (Wildman–Crippen LogP) is 5.48. The number of amides is 1. The minimum atomic E-state index is -2.24. The van der Waals surface area contributed by atoms with Gasteiger partial charge in [-0.3, -0.25) is 9.59 Å². The molecule has 170 valence electrons. The molecule has 1 aromatic carbocycles. The molecule has 0 aliphatic carbocycles. The van der Waals surface area contributed by atoms with Gasteiger partial charge < -0.3 is 19.2 Å². The third-order valence-electron chi connectivity index (χ3n) is 4.87. The van der Waals surface area contributed by atoms with Crippen LogP contribution in [0.2, 0.25) is 0 Å². The number of furan rings is 1. The molecule has 8 heteroatoms. The van der Waals surface area contributed by atoms with Gasteiger partial charge in [0.25, 0.3) is 5.91 Å². The first-order valence-corrected chi connectivity index (χ1v) is 11.3. The van der Waals surface area contributed by atoms with E-state index >= 15 is 0 Å². The number of carboxylic acid groups (broad SMARTS) is 1. The van der Waals surface area contributed by atoms with Gasteiger partial charge >= 0.3 is 5.97 Å². The topological polar surface area (TPSA) is 92.9 Å². The smallest absolute Gasteiger partial charge is 0.303 e. The summed E-state index contributed by atoms with van der Waals surface area (Å²) in [6.45, 7) is 3.11. The second kappa shape index (κ2) is 10.9. The van der Waals surface area contributed by atoms with E-state index in [1.54, 1.807) is 50.2 Å². The highest BCUT2D eigenvalue weighted by atomic mass is 32.1. The number of benzene rings is 1. The molecular weight excluding hydrogens is 428 g/mol. The van der Waals surface area contributed by atoms with Gasteiger partial charge in [0, 0.05) is 29.0 Å². The minimum Gasteiger partial charge on any atom is -0.481 e. The van der Waals surface area contributed by atoms with Crippen molar-refractivity contribution in [3.8, 4) is 17.2 Å². The number of carbonyl (C=O) groups excluding carboxylic acids is 1. The van der Waals surface area contributed by atoms with Gasteiger partial charge in [-0.1, -0.05) is 25.1 Å². The van der Waals surface area contributed by atoms with Gasteiger partial charge in [-0.2, -0.15) is 4.37 Å². The normalized spacial score (nSPS) is 13.4. The van der Waals surface area contributed by atoms with Crippen molar-refractivity contribution in [2.24, 2.45) is 0 Å². The monoisotopic (exact) mass is 458 g/mol. The number of carboxylic acids is 1. The van der Waals surface area contributed by atoms with Gasteiger partial charge in [0.15, 0.2) is 0 Å². The van der Waals surface area contributed by atoms with Crippen LogP contribution in [-0.2, 0) is 11.3 Å². The van der Waals surface area contributed by atoms with Crippen molar-refractivity contribution in [2.45, 2.75) is 58.7 Å². The molecule has 3 rings (SSSR count). The molecule has 1 N–H and O–H groups in total. The molecule has 0 spiro atoms. The second-order valence-electron chi connectivity index (χ2n) is 7.52. The molecule has 0 bridgehead atoms. The summed E-state index contributed by atoms with van der Waals surface area (Å²) < 4.78 is 33.5. The molecule has 0 aliphatic heterocycles. The molecule has 0 saturated carbocycles. The van der Waals surface area contributed by atoms with Gasteiger partial charge in [-0.25, -0.2) is 0 Å². The molecule has 2 aromatic heterocycles. The fourth-order valence-corrected chi connectivity index (χ4v) is 3.71. The number of aliphatic carboxylic acids is 1. The third kappa shape index (κ3) is 5.76. The number of rotatable bonds is 11. The summed E-state index contributed by atoms with van der Waals surface area (Å²) in [7, 11) is 0. The van der Waals surface area contributed by atoms with Crippen molar-refractivity contribution in [1.29, 1.82) is 0 Å². The van der Waals surface area contributed by atoms with Crippen LogP contribution in [0.4, 0.5) is 0 Å². The number of carbonyl (C=O) groups is 2. The van der Waals surface area contributed by atoms with Crippen LogP contribution in [0.25, 0.3) is 11.3 Å². The van der Waals surface area contributed by atoms with E-state index in [9.17, 15) is 9.59 Å². The summed E-state index contributed by atoms with van der Waals surface area (Å²) in [6, 6.07) is 9.91. The molecule has 0 aliphatic rings. The summed E-state index contributed by atoms with van der Waals surface area (Å²) in [5.74, 6) is -0.839. The lowest BCUT2D eigenvalue weighted by Gasteiger charge is -2.28. The summed E-state index contributed by atoms with van der Waals surface area (Å²) in [6.07, 6.45) is 1.83. The zero-order valence-electron chi connectivity index (χ0n) is 20.3. The van der Waals surface area contributed by atoms with Crippen LogP contribution in [-0.4, -0.2) is 38.4 Å². The maximum atomic E-state index is 13.7. The molecule has 1 atom stereocenters. The van der Waals surface area contributed by atoms with Crippen molar-refractivity contribution < 1.29 is 26.6 Å². The highest BCUT2D eigenvalue weighted by Crippen LogP contribution is 2.29. The molecule has 2 heterocycles. The van der Waals surface area contributed by atoms with Crippen LogP contribution >= 0.6 is 11.5 Å². The van der Waals surface area contributed by atoms with Crippen molar-refractivity contribution >= 4 is 23.4 Å². The van der Waals surface area contributed by atoms with E-state index in [4.69, 9.17) is 17.0 Å². The molecule has 0 fully saturated rings. The summed E-state index contributed by atoms with van der Waals surface area (Å²) in [5.41, 5.74) is 1.01. The minimum absolute atomic E-state index is 0.0644. The van der Waals surface area contributed by atoms with Crippen molar-refractivity contribution in [3.63, 3.8) is 0 Å². The number of hydrogen-bond donors (Lipinski definition) is 1. The van der Waals surface area contributed by atoms with Crippen LogP contribution in [0.5, 0.6) is 5.88 Å². The Hall–Kier alpha value is -3.13. The lowest BCUT2D eigenvalue weighted by molar-refractivity contribution is -0.137. The Labute approximate surface area is 194 Å². The van der Waals surface area contributed by atoms with Crippen molar-refractivity contribution in [1.82, 2.24) is 9.27 Å². The third-order valence-corrected chi connectivity index (χ3v) is 5.48. The number of aromatic nitrogens is 1. The molecule has 1 amide bonds. The van der Waals surface area contributed by atoms with Gasteiger partial charge in [0.05, 0.1) is 21.1 Å². The van der Waals surface area contributed by atoms with Crippen LogP contribution in [0.1, 0.15) is 58.7 Å². The Bertz CT molecular complexity index is 1110. The van der Waals surface area contributed by atoms with Gasteiger partial charge in [0.2, 0.25) is 5.88 Å². The molecule has 0 radical (unpaired) electrons. The molecule has 1 unspecified atom stereocenters. The Morgan fingerprint density at radius 2 is 2.06 bits per heavy atom. The Morgan fingerprint density at radius 3 is 2.72 bits per heavy atom. The quantitative estimate of drug-likeness (QED) is 0.409. The zero-order chi connectivity index (χ0) is 24.9. The maximum Gasteiger partial charge on any atom is 0.303 e. The zero-order valence-corrected chi connectivity index (χ0v) is 19.1. The average Bonchev–Trinajstić information content (AvgIpc) is 3.48. The summed E-state index contributed by atoms with van der Waals surface area (Å²) >= 11 is 1.02. The average molecular weight is 459 g/mol. The maximum absolute atomic E-state index is 13.7. The largest absolute Gasteiger partial charge is 0.481 e. The highest BCUT2D eigenvalue weighted by Gasteiger charge is 2.25. The van der Waals surface area contributed by atoms with E-state index in [-0.39, 0.29) is 24.3 Å². The lowest BCUT2D eigenvalue weighted by Crippen LogP contribution is -2.36. The van der Waals surface area contributed by atoms with E-state index in [2.05, 4.69) is 4.37 Å². The fraction of sp³-hybridized carbons (Fsp3) is 0.375. The van der Waals surface area contributed by atoms with Crippen LogP contribution in [0, 0.1) is 0 Å². The molecular formula is C24H28N2O5S. The van der Waals surface area contributed by atoms with Crippen molar-refractivity contribution in [3.05, 3.63) is 59.2 Å². The van der Waals surface area contributed by atoms with E-state index < -0.39 is 30.5 Å². The highest BCUT2D eigenvalue weighted by molar-refractivity contribution is 7.03. The SMILES string of the molecule is [2H]C([2H])(c1csnc1OC(CC)CCC(=O)O)N(C(=O)c1ccccc1-c1ccco1)C(C)C. The Kier molecular flexibility index (Phi) is 7.10. The van der Waals surface area contributed by atoms with E-state index in [1.807, 2.05) is 6.92 Å². The lowest BCUT2D eigenvalue weighted by atomic mass is 10.0.